The van der Waals surface area contributed by atoms with Crippen molar-refractivity contribution in [3.63, 3.8) is 0 Å². The number of benzene rings is 1. The molecule has 37 heavy (non-hydrogen) atoms. The predicted octanol–water partition coefficient (Wildman–Crippen LogP) is 2.58. The van der Waals surface area contributed by atoms with Crippen molar-refractivity contribution in [3.8, 4) is 0 Å². The lowest BCUT2D eigenvalue weighted by atomic mass is 9.78. The molecule has 2 bridgehead atoms. The van der Waals surface area contributed by atoms with E-state index < -0.39 is 87.6 Å². The Morgan fingerprint density at radius 2 is 1.73 bits per heavy atom. The van der Waals surface area contributed by atoms with Crippen LogP contribution >= 0.6 is 22.6 Å². The summed E-state index contributed by atoms with van der Waals surface area (Å²) < 4.78 is 130. The first-order chi connectivity index (χ1) is 16.9. The van der Waals surface area contributed by atoms with E-state index in [1.807, 2.05) is 22.6 Å². The summed E-state index contributed by atoms with van der Waals surface area (Å²) in [6, 6.07) is 5.97. The Labute approximate surface area is 217 Å². The molecule has 0 amide bonds. The van der Waals surface area contributed by atoms with Gasteiger partial charge in [0.1, 0.15) is 12.2 Å². The van der Waals surface area contributed by atoms with Crippen LogP contribution in [0, 0.1) is 27.2 Å². The minimum atomic E-state index is -6.56. The summed E-state index contributed by atoms with van der Waals surface area (Å²) in [5.74, 6) is -13.1. The molecule has 0 radical (unpaired) electrons. The highest BCUT2D eigenvalue weighted by Gasteiger charge is 2.77. The van der Waals surface area contributed by atoms with Crippen molar-refractivity contribution in [3.05, 3.63) is 33.4 Å². The number of ether oxygens (including phenoxy) is 3. The van der Waals surface area contributed by atoms with Gasteiger partial charge in [-0.25, -0.2) is 13.2 Å². The largest absolute Gasteiger partial charge is 0.748 e. The molecular weight excluding hydrogens is 657 g/mol. The Hall–Kier alpha value is -2.15. The fourth-order valence-electron chi connectivity index (χ4n) is 5.23. The second-order valence-corrected chi connectivity index (χ2v) is 11.5. The third-order valence-electron chi connectivity index (χ3n) is 6.69. The Kier molecular flexibility index (Phi) is 6.75. The zero-order valence-corrected chi connectivity index (χ0v) is 20.9. The van der Waals surface area contributed by atoms with Crippen LogP contribution in [0.5, 0.6) is 0 Å². The highest BCUT2D eigenvalue weighted by Crippen LogP contribution is 2.60. The second-order valence-electron chi connectivity index (χ2n) is 8.84. The Bertz CT molecular complexity index is 1230. The molecule has 6 atom stereocenters. The number of alkyl halides is 6. The maximum Gasteiger partial charge on any atom is 0.438 e. The quantitative estimate of drug-likeness (QED) is 0.147. The minimum Gasteiger partial charge on any atom is -0.748 e. The summed E-state index contributed by atoms with van der Waals surface area (Å²) in [7, 11) is -6.24. The maximum atomic E-state index is 13.6. The molecule has 6 unspecified atom stereocenters. The maximum absolute atomic E-state index is 13.6. The van der Waals surface area contributed by atoms with Crippen molar-refractivity contribution in [1.29, 1.82) is 0 Å². The van der Waals surface area contributed by atoms with Gasteiger partial charge in [0, 0.05) is 15.4 Å². The van der Waals surface area contributed by atoms with E-state index >= 15 is 0 Å². The van der Waals surface area contributed by atoms with E-state index in [-0.39, 0.29) is 12.0 Å². The standard InChI is InChI=1S/C20H15F6IO9S/c21-19(22,23)18(20(24,25)26,6-37(31,32)33)36-17(30)12-10-5-9-11(12)16(29)35-14(9)13(10)34-15(28)7-2-1-3-8(27)4-7/h1-4,9-14H,5-6H2,(H,31,32,33)/p-1. The van der Waals surface area contributed by atoms with E-state index in [0.717, 1.165) is 0 Å². The molecule has 0 N–H and O–H groups in total. The summed E-state index contributed by atoms with van der Waals surface area (Å²) in [6.45, 7) is 0. The normalized spacial score (nSPS) is 29.2. The topological polar surface area (TPSA) is 136 Å². The van der Waals surface area contributed by atoms with Gasteiger partial charge in [-0.05, 0) is 47.2 Å². The van der Waals surface area contributed by atoms with Gasteiger partial charge >= 0.3 is 35.9 Å². The van der Waals surface area contributed by atoms with Crippen LogP contribution in [-0.2, 0) is 33.9 Å². The van der Waals surface area contributed by atoms with Crippen LogP contribution in [0.15, 0.2) is 24.3 Å². The Morgan fingerprint density at radius 3 is 2.27 bits per heavy atom. The Balaban J connectivity index is 1.66. The molecule has 2 aliphatic carbocycles. The average molecular weight is 671 g/mol. The van der Waals surface area contributed by atoms with Crippen molar-refractivity contribution in [2.75, 3.05) is 5.75 Å². The lowest BCUT2D eigenvalue weighted by Crippen LogP contribution is -2.64. The van der Waals surface area contributed by atoms with E-state index in [4.69, 9.17) is 9.47 Å². The van der Waals surface area contributed by atoms with Crippen LogP contribution in [0.25, 0.3) is 0 Å². The molecule has 9 nitrogen and oxygen atoms in total. The molecule has 4 rings (SSSR count). The number of rotatable bonds is 6. The molecule has 0 aromatic heterocycles. The molecule has 204 valence electrons. The van der Waals surface area contributed by atoms with Gasteiger partial charge in [-0.15, -0.1) is 0 Å². The molecular formula is C20H14F6IO9S-. The number of carbonyl (C=O) groups is 3. The molecule has 0 spiro atoms. The number of hydrogen-bond donors (Lipinski definition) is 0. The van der Waals surface area contributed by atoms with Gasteiger partial charge in [-0.2, -0.15) is 26.3 Å². The third-order valence-corrected chi connectivity index (χ3v) is 8.12. The molecule has 17 heteroatoms. The summed E-state index contributed by atoms with van der Waals surface area (Å²) in [5.41, 5.74) is -5.64. The van der Waals surface area contributed by atoms with Crippen LogP contribution in [0.2, 0.25) is 0 Å². The average Bonchev–Trinajstić information content (AvgIpc) is 3.34. The van der Waals surface area contributed by atoms with Crippen LogP contribution in [0.1, 0.15) is 16.8 Å². The van der Waals surface area contributed by atoms with Crippen molar-refractivity contribution in [1.82, 2.24) is 0 Å². The number of hydrogen-bond acceptors (Lipinski definition) is 9. The summed E-state index contributed by atoms with van der Waals surface area (Å²) in [6.07, 6.45) is -15.7. The second kappa shape index (κ2) is 8.96. The molecule has 1 heterocycles. The van der Waals surface area contributed by atoms with Crippen molar-refractivity contribution in [2.24, 2.45) is 23.7 Å². The zero-order chi connectivity index (χ0) is 27.7. The van der Waals surface area contributed by atoms with Gasteiger partial charge in [0.15, 0.2) is 0 Å². The summed E-state index contributed by atoms with van der Waals surface area (Å²) >= 11 is 1.90. The fourth-order valence-corrected chi connectivity index (χ4v) is 6.66. The lowest BCUT2D eigenvalue weighted by molar-refractivity contribution is -0.362. The van der Waals surface area contributed by atoms with Gasteiger partial charge in [-0.3, -0.25) is 9.59 Å². The van der Waals surface area contributed by atoms with Gasteiger partial charge in [0.2, 0.25) is 0 Å². The van der Waals surface area contributed by atoms with Crippen molar-refractivity contribution >= 4 is 50.6 Å². The number of esters is 3. The van der Waals surface area contributed by atoms with Crippen LogP contribution in [0.4, 0.5) is 26.3 Å². The van der Waals surface area contributed by atoms with Gasteiger partial charge in [0.25, 0.3) is 0 Å². The van der Waals surface area contributed by atoms with Gasteiger partial charge in [-0.1, -0.05) is 6.07 Å². The predicted molar refractivity (Wildman–Crippen MR) is 112 cm³/mol. The highest BCUT2D eigenvalue weighted by molar-refractivity contribution is 14.1. The first kappa shape index (κ1) is 27.9. The summed E-state index contributed by atoms with van der Waals surface area (Å²) in [5, 5.41) is 0. The third kappa shape index (κ3) is 4.77. The van der Waals surface area contributed by atoms with E-state index in [1.54, 1.807) is 6.07 Å². The van der Waals surface area contributed by atoms with Crippen molar-refractivity contribution < 1.29 is 67.9 Å². The minimum absolute atomic E-state index is 0.0449. The first-order valence-corrected chi connectivity index (χ1v) is 13.0. The zero-order valence-electron chi connectivity index (χ0n) is 17.9. The van der Waals surface area contributed by atoms with Crippen LogP contribution in [-0.4, -0.2) is 66.8 Å². The number of carbonyl (C=O) groups excluding carboxylic acids is 3. The van der Waals surface area contributed by atoms with E-state index in [2.05, 4.69) is 4.74 Å². The molecule has 1 saturated heterocycles. The number of halogens is 7. The molecule has 3 aliphatic rings. The first-order valence-electron chi connectivity index (χ1n) is 10.3. The Morgan fingerprint density at radius 1 is 1.11 bits per heavy atom. The van der Waals surface area contributed by atoms with Crippen LogP contribution < -0.4 is 0 Å². The SMILES string of the molecule is O=C(OC1C2CC3C1OC(=O)C3C2C(=O)OC(CS(=O)(=O)[O-])(C(F)(F)F)C(F)(F)F)c1cccc(I)c1. The highest BCUT2D eigenvalue weighted by atomic mass is 127. The van der Waals surface area contributed by atoms with Crippen molar-refractivity contribution in [2.45, 2.75) is 36.6 Å². The van der Waals surface area contributed by atoms with Gasteiger partial charge in [0.05, 0.1) is 33.3 Å². The molecule has 1 aromatic rings. The van der Waals surface area contributed by atoms with Crippen LogP contribution in [0.3, 0.4) is 0 Å². The molecule has 3 fully saturated rings. The van der Waals surface area contributed by atoms with E-state index in [1.165, 1.54) is 18.2 Å². The smallest absolute Gasteiger partial charge is 0.438 e. The molecule has 1 aliphatic heterocycles. The van der Waals surface area contributed by atoms with E-state index in [9.17, 15) is 53.7 Å². The fraction of sp³-hybridized carbons (Fsp3) is 0.550. The van der Waals surface area contributed by atoms with Gasteiger partial charge < -0.3 is 18.8 Å². The summed E-state index contributed by atoms with van der Waals surface area (Å²) in [4.78, 5) is 37.9. The van der Waals surface area contributed by atoms with E-state index in [0.29, 0.717) is 3.57 Å². The molecule has 1 aromatic carbocycles. The monoisotopic (exact) mass is 671 g/mol. The molecule has 2 saturated carbocycles. The number of fused-ring (bicyclic) bond motifs is 1. The lowest BCUT2D eigenvalue weighted by Gasteiger charge is -2.39.